The van der Waals surface area contributed by atoms with Crippen molar-refractivity contribution >= 4 is 40.3 Å². The fourth-order valence-corrected chi connectivity index (χ4v) is 1.69. The first-order valence-corrected chi connectivity index (χ1v) is 5.77. The van der Waals surface area contributed by atoms with Gasteiger partial charge in [-0.15, -0.1) is 0 Å². The Morgan fingerprint density at radius 2 is 2.24 bits per heavy atom. The standard InChI is InChI=1S/C10H12IN3O3/c1-17-9(15)6-14(13-10(12)16)8-4-2-3-7(11)5-8/h2-5H,6H2,1H3,(H3,12,13,16). The number of urea groups is 1. The second-order valence-corrected chi connectivity index (χ2v) is 4.36. The molecule has 2 amide bonds. The second-order valence-electron chi connectivity index (χ2n) is 3.12. The fourth-order valence-electron chi connectivity index (χ4n) is 1.17. The van der Waals surface area contributed by atoms with Crippen LogP contribution in [-0.2, 0) is 9.53 Å². The number of hydrazine groups is 1. The highest BCUT2D eigenvalue weighted by Gasteiger charge is 2.13. The van der Waals surface area contributed by atoms with Crippen molar-refractivity contribution in [2.24, 2.45) is 5.73 Å². The zero-order valence-corrected chi connectivity index (χ0v) is 11.3. The number of amides is 2. The van der Waals surface area contributed by atoms with Gasteiger partial charge < -0.3 is 10.5 Å². The maximum atomic E-state index is 11.2. The van der Waals surface area contributed by atoms with E-state index in [0.29, 0.717) is 5.69 Å². The average molecular weight is 349 g/mol. The van der Waals surface area contributed by atoms with Gasteiger partial charge in [-0.1, -0.05) is 6.07 Å². The summed E-state index contributed by atoms with van der Waals surface area (Å²) in [7, 11) is 1.28. The summed E-state index contributed by atoms with van der Waals surface area (Å²) in [6, 6.07) is 6.52. The van der Waals surface area contributed by atoms with E-state index in [2.05, 4.69) is 32.8 Å². The van der Waals surface area contributed by atoms with Gasteiger partial charge in [0.05, 0.1) is 12.8 Å². The third-order valence-electron chi connectivity index (χ3n) is 1.88. The van der Waals surface area contributed by atoms with E-state index < -0.39 is 12.0 Å². The lowest BCUT2D eigenvalue weighted by Crippen LogP contribution is -2.48. The lowest BCUT2D eigenvalue weighted by Gasteiger charge is -2.23. The molecule has 6 nitrogen and oxygen atoms in total. The van der Waals surface area contributed by atoms with Crippen LogP contribution in [0, 0.1) is 3.57 Å². The van der Waals surface area contributed by atoms with Gasteiger partial charge in [-0.2, -0.15) is 0 Å². The van der Waals surface area contributed by atoms with Crippen LogP contribution >= 0.6 is 22.6 Å². The van der Waals surface area contributed by atoms with Crippen molar-refractivity contribution in [2.45, 2.75) is 0 Å². The third kappa shape index (κ3) is 4.47. The van der Waals surface area contributed by atoms with Crippen molar-refractivity contribution in [1.82, 2.24) is 5.43 Å². The quantitative estimate of drug-likeness (QED) is 0.480. The van der Waals surface area contributed by atoms with E-state index in [1.165, 1.54) is 12.1 Å². The molecule has 3 N–H and O–H groups in total. The van der Waals surface area contributed by atoms with E-state index in [1.807, 2.05) is 12.1 Å². The molecule has 92 valence electrons. The molecule has 1 aromatic carbocycles. The number of carbonyl (C=O) groups is 2. The molecule has 0 aliphatic rings. The molecular weight excluding hydrogens is 337 g/mol. The van der Waals surface area contributed by atoms with Crippen molar-refractivity contribution in [3.63, 3.8) is 0 Å². The first-order valence-electron chi connectivity index (χ1n) is 4.69. The third-order valence-corrected chi connectivity index (χ3v) is 2.55. The first kappa shape index (κ1) is 13.6. The Balaban J connectivity index is 2.89. The Hall–Kier alpha value is -1.51. The molecule has 0 aliphatic carbocycles. The first-order chi connectivity index (χ1) is 8.02. The van der Waals surface area contributed by atoms with E-state index in [4.69, 9.17) is 5.73 Å². The smallest absolute Gasteiger partial charge is 0.330 e. The largest absolute Gasteiger partial charge is 0.468 e. The van der Waals surface area contributed by atoms with Gasteiger partial charge in [-0.05, 0) is 40.8 Å². The van der Waals surface area contributed by atoms with Gasteiger partial charge in [0.1, 0.15) is 6.54 Å². The summed E-state index contributed by atoms with van der Waals surface area (Å²) in [4.78, 5) is 22.1. The molecule has 0 fully saturated rings. The maximum Gasteiger partial charge on any atom is 0.330 e. The highest BCUT2D eigenvalue weighted by molar-refractivity contribution is 14.1. The number of anilines is 1. The van der Waals surface area contributed by atoms with Crippen LogP contribution in [0.2, 0.25) is 0 Å². The Bertz CT molecular complexity index is 425. The molecule has 0 aliphatic heterocycles. The topological polar surface area (TPSA) is 84.7 Å². The molecule has 17 heavy (non-hydrogen) atoms. The van der Waals surface area contributed by atoms with Gasteiger partial charge >= 0.3 is 12.0 Å². The monoisotopic (exact) mass is 349 g/mol. The predicted octanol–water partition coefficient (Wildman–Crippen LogP) is 0.854. The number of rotatable bonds is 4. The van der Waals surface area contributed by atoms with E-state index >= 15 is 0 Å². The summed E-state index contributed by atoms with van der Waals surface area (Å²) >= 11 is 2.13. The van der Waals surface area contributed by atoms with Gasteiger partial charge in [-0.25, -0.2) is 10.2 Å². The zero-order chi connectivity index (χ0) is 12.8. The summed E-state index contributed by atoms with van der Waals surface area (Å²) < 4.78 is 5.51. The number of benzene rings is 1. The predicted molar refractivity (Wildman–Crippen MR) is 71.2 cm³/mol. The summed E-state index contributed by atoms with van der Waals surface area (Å²) in [5.74, 6) is -0.474. The molecule has 0 aromatic heterocycles. The normalized spacial score (nSPS) is 9.53. The van der Waals surface area contributed by atoms with Crippen LogP contribution < -0.4 is 16.2 Å². The molecule has 0 unspecified atom stereocenters. The lowest BCUT2D eigenvalue weighted by molar-refractivity contribution is -0.139. The Morgan fingerprint density at radius 3 is 2.76 bits per heavy atom. The summed E-state index contributed by atoms with van der Waals surface area (Å²) in [6.45, 7) is -0.112. The minimum absolute atomic E-state index is 0.112. The molecule has 0 radical (unpaired) electrons. The van der Waals surface area contributed by atoms with E-state index in [-0.39, 0.29) is 6.54 Å². The van der Waals surface area contributed by atoms with Crippen LogP contribution in [0.4, 0.5) is 10.5 Å². The van der Waals surface area contributed by atoms with Crippen molar-refractivity contribution in [1.29, 1.82) is 0 Å². The van der Waals surface area contributed by atoms with Gasteiger partial charge in [0, 0.05) is 3.57 Å². The van der Waals surface area contributed by atoms with Crippen LogP contribution in [0.25, 0.3) is 0 Å². The Morgan fingerprint density at radius 1 is 1.53 bits per heavy atom. The number of primary amides is 1. The number of nitrogens with zero attached hydrogens (tertiary/aromatic N) is 1. The number of carbonyl (C=O) groups excluding carboxylic acids is 2. The number of hydrogen-bond acceptors (Lipinski definition) is 4. The highest BCUT2D eigenvalue weighted by Crippen LogP contribution is 2.15. The van der Waals surface area contributed by atoms with Crippen molar-refractivity contribution in [3.8, 4) is 0 Å². The van der Waals surface area contributed by atoms with Crippen molar-refractivity contribution in [2.75, 3.05) is 18.7 Å². The number of nitrogens with one attached hydrogen (secondary N) is 1. The highest BCUT2D eigenvalue weighted by atomic mass is 127. The molecule has 0 bridgehead atoms. The van der Waals surface area contributed by atoms with Crippen LogP contribution in [0.1, 0.15) is 0 Å². The van der Waals surface area contributed by atoms with Crippen molar-refractivity contribution < 1.29 is 14.3 Å². The average Bonchev–Trinajstić information content (AvgIpc) is 2.27. The molecule has 0 atom stereocenters. The molecule has 0 spiro atoms. The molecule has 1 rings (SSSR count). The van der Waals surface area contributed by atoms with Crippen molar-refractivity contribution in [3.05, 3.63) is 27.8 Å². The number of hydrogen-bond donors (Lipinski definition) is 2. The number of nitrogens with two attached hydrogens (primary N) is 1. The van der Waals surface area contributed by atoms with Gasteiger partial charge in [0.2, 0.25) is 0 Å². The molecule has 1 aromatic rings. The van der Waals surface area contributed by atoms with Crippen LogP contribution in [-0.4, -0.2) is 25.7 Å². The fraction of sp³-hybridized carbons (Fsp3) is 0.200. The van der Waals surface area contributed by atoms with Crippen LogP contribution in [0.3, 0.4) is 0 Å². The number of methoxy groups -OCH3 is 1. The van der Waals surface area contributed by atoms with E-state index in [0.717, 1.165) is 3.57 Å². The van der Waals surface area contributed by atoms with Gasteiger partial charge in [0.15, 0.2) is 0 Å². The lowest BCUT2D eigenvalue weighted by atomic mass is 10.3. The zero-order valence-electron chi connectivity index (χ0n) is 9.14. The van der Waals surface area contributed by atoms with Crippen LogP contribution in [0.5, 0.6) is 0 Å². The summed E-state index contributed by atoms with van der Waals surface area (Å²) in [6.07, 6.45) is 0. The Kier molecular flexibility index (Phi) is 5.01. The maximum absolute atomic E-state index is 11.2. The summed E-state index contributed by atoms with van der Waals surface area (Å²) in [5, 5.41) is 1.33. The molecule has 7 heteroatoms. The van der Waals surface area contributed by atoms with Crippen LogP contribution in [0.15, 0.2) is 24.3 Å². The number of ether oxygens (including phenoxy) is 1. The van der Waals surface area contributed by atoms with Gasteiger partial charge in [0.25, 0.3) is 0 Å². The summed E-state index contributed by atoms with van der Waals surface area (Å²) in [5.41, 5.74) is 8.05. The SMILES string of the molecule is COC(=O)CN(NC(N)=O)c1cccc(I)c1. The molecular formula is C10H12IN3O3. The molecule has 0 saturated heterocycles. The molecule has 0 saturated carbocycles. The number of esters is 1. The second kappa shape index (κ2) is 6.28. The minimum Gasteiger partial charge on any atom is -0.468 e. The van der Waals surface area contributed by atoms with E-state index in [9.17, 15) is 9.59 Å². The van der Waals surface area contributed by atoms with E-state index in [1.54, 1.807) is 12.1 Å². The Labute approximate surface area is 112 Å². The minimum atomic E-state index is -0.743. The van der Waals surface area contributed by atoms with Gasteiger partial charge in [-0.3, -0.25) is 9.80 Å². The molecule has 0 heterocycles. The number of halogens is 1.